The molecule has 24 heavy (non-hydrogen) atoms. The largest absolute Gasteiger partial charge is 0.384 e. The van der Waals surface area contributed by atoms with Gasteiger partial charge in [-0.05, 0) is 38.8 Å². The number of carbonyl (C=O) groups is 1. The van der Waals surface area contributed by atoms with Crippen molar-refractivity contribution in [3.05, 3.63) is 12.4 Å². The Labute approximate surface area is 144 Å². The van der Waals surface area contributed by atoms with Crippen LogP contribution in [0.5, 0.6) is 0 Å². The standard InChI is InChI=1S/C18H30N4O2/c1-24-15-18(7-3-4-8-18)17(23)20-16-13-19-22(14-16)12-11-21-9-5-2-6-10-21/h13-14H,2-12,15H2,1H3,(H,20,23). The summed E-state index contributed by atoms with van der Waals surface area (Å²) in [5, 5.41) is 7.44. The number of likely N-dealkylation sites (tertiary alicyclic amines) is 1. The Bertz CT molecular complexity index is 531. The van der Waals surface area contributed by atoms with Crippen LogP contribution < -0.4 is 5.32 Å². The molecule has 1 aromatic rings. The van der Waals surface area contributed by atoms with Gasteiger partial charge in [0.2, 0.25) is 5.91 Å². The lowest BCUT2D eigenvalue weighted by Crippen LogP contribution is -2.37. The van der Waals surface area contributed by atoms with Crippen LogP contribution in [0.1, 0.15) is 44.9 Å². The van der Waals surface area contributed by atoms with Crippen molar-refractivity contribution in [2.75, 3.05) is 38.7 Å². The summed E-state index contributed by atoms with van der Waals surface area (Å²) in [6.07, 6.45) is 11.7. The van der Waals surface area contributed by atoms with Crippen molar-refractivity contribution in [3.63, 3.8) is 0 Å². The molecule has 1 saturated carbocycles. The lowest BCUT2D eigenvalue weighted by molar-refractivity contribution is -0.128. The highest BCUT2D eigenvalue weighted by atomic mass is 16.5. The predicted octanol–water partition coefficient (Wildman–Crippen LogP) is 2.51. The molecule has 2 heterocycles. The van der Waals surface area contributed by atoms with Gasteiger partial charge in [0.15, 0.2) is 0 Å². The van der Waals surface area contributed by atoms with Gasteiger partial charge in [-0.3, -0.25) is 9.48 Å². The third-order valence-corrected chi connectivity index (χ3v) is 5.45. The smallest absolute Gasteiger partial charge is 0.233 e. The molecule has 1 aliphatic heterocycles. The summed E-state index contributed by atoms with van der Waals surface area (Å²) in [6.45, 7) is 4.80. The molecule has 0 bridgehead atoms. The van der Waals surface area contributed by atoms with E-state index in [2.05, 4.69) is 15.3 Å². The first-order valence-corrected chi connectivity index (χ1v) is 9.27. The fraction of sp³-hybridized carbons (Fsp3) is 0.778. The van der Waals surface area contributed by atoms with E-state index in [1.165, 1.54) is 32.4 Å². The number of anilines is 1. The van der Waals surface area contributed by atoms with Crippen molar-refractivity contribution in [2.45, 2.75) is 51.5 Å². The molecule has 0 atom stereocenters. The van der Waals surface area contributed by atoms with E-state index in [1.807, 2.05) is 10.9 Å². The first kappa shape index (κ1) is 17.4. The second kappa shape index (κ2) is 8.12. The van der Waals surface area contributed by atoms with Gasteiger partial charge in [0.25, 0.3) is 0 Å². The molecular weight excluding hydrogens is 304 g/mol. The number of methoxy groups -OCH3 is 1. The number of carbonyl (C=O) groups excluding carboxylic acids is 1. The number of hydrogen-bond acceptors (Lipinski definition) is 4. The van der Waals surface area contributed by atoms with Crippen molar-refractivity contribution >= 4 is 11.6 Å². The van der Waals surface area contributed by atoms with Gasteiger partial charge in [0, 0.05) is 19.9 Å². The Morgan fingerprint density at radius 2 is 1.96 bits per heavy atom. The number of ether oxygens (including phenoxy) is 1. The van der Waals surface area contributed by atoms with Gasteiger partial charge in [-0.2, -0.15) is 5.10 Å². The maximum atomic E-state index is 12.7. The molecule has 0 aromatic carbocycles. The van der Waals surface area contributed by atoms with Gasteiger partial charge < -0.3 is 15.0 Å². The summed E-state index contributed by atoms with van der Waals surface area (Å²) in [6, 6.07) is 0. The predicted molar refractivity (Wildman–Crippen MR) is 93.9 cm³/mol. The topological polar surface area (TPSA) is 59.4 Å². The highest BCUT2D eigenvalue weighted by molar-refractivity contribution is 5.95. The Kier molecular flexibility index (Phi) is 5.89. The third kappa shape index (κ3) is 4.16. The van der Waals surface area contributed by atoms with E-state index >= 15 is 0 Å². The molecule has 2 aliphatic rings. The average molecular weight is 334 g/mol. The summed E-state index contributed by atoms with van der Waals surface area (Å²) in [4.78, 5) is 15.2. The Morgan fingerprint density at radius 3 is 2.67 bits per heavy atom. The zero-order valence-electron chi connectivity index (χ0n) is 14.8. The van der Waals surface area contributed by atoms with E-state index in [0.717, 1.165) is 44.5 Å². The fourth-order valence-corrected chi connectivity index (χ4v) is 4.01. The Hall–Kier alpha value is -1.40. The molecule has 1 aliphatic carbocycles. The van der Waals surface area contributed by atoms with Crippen molar-refractivity contribution in [3.8, 4) is 0 Å². The molecule has 1 amide bonds. The summed E-state index contributed by atoms with van der Waals surface area (Å²) >= 11 is 0. The maximum Gasteiger partial charge on any atom is 0.233 e. The SMILES string of the molecule is COCC1(C(=O)Nc2cnn(CCN3CCCCC3)c2)CCCC1. The van der Waals surface area contributed by atoms with Crippen molar-refractivity contribution < 1.29 is 9.53 Å². The van der Waals surface area contributed by atoms with E-state index in [0.29, 0.717) is 6.61 Å². The van der Waals surface area contributed by atoms with E-state index in [1.54, 1.807) is 13.3 Å². The average Bonchev–Trinajstić information content (AvgIpc) is 3.25. The first-order valence-electron chi connectivity index (χ1n) is 9.27. The molecule has 0 spiro atoms. The number of piperidine rings is 1. The molecule has 2 fully saturated rings. The summed E-state index contributed by atoms with van der Waals surface area (Å²) in [5.74, 6) is 0.0810. The number of rotatable bonds is 7. The number of aromatic nitrogens is 2. The van der Waals surface area contributed by atoms with Gasteiger partial charge in [0.05, 0.1) is 30.5 Å². The highest BCUT2D eigenvalue weighted by Crippen LogP contribution is 2.39. The third-order valence-electron chi connectivity index (χ3n) is 5.45. The van der Waals surface area contributed by atoms with E-state index in [4.69, 9.17) is 4.74 Å². The molecule has 134 valence electrons. The van der Waals surface area contributed by atoms with Crippen LogP contribution in [0, 0.1) is 5.41 Å². The van der Waals surface area contributed by atoms with E-state index in [9.17, 15) is 4.79 Å². The molecule has 0 radical (unpaired) electrons. The number of amides is 1. The molecule has 1 N–H and O–H groups in total. The normalized spacial score (nSPS) is 21.0. The van der Waals surface area contributed by atoms with Crippen LogP contribution in [-0.4, -0.2) is 53.9 Å². The lowest BCUT2D eigenvalue weighted by atomic mass is 9.86. The van der Waals surface area contributed by atoms with Crippen LogP contribution in [0.4, 0.5) is 5.69 Å². The van der Waals surface area contributed by atoms with Crippen LogP contribution in [0.25, 0.3) is 0 Å². The quantitative estimate of drug-likeness (QED) is 0.832. The van der Waals surface area contributed by atoms with Gasteiger partial charge in [0.1, 0.15) is 0 Å². The number of nitrogens with zero attached hydrogens (tertiary/aromatic N) is 3. The van der Waals surface area contributed by atoms with Crippen molar-refractivity contribution in [2.24, 2.45) is 5.41 Å². The van der Waals surface area contributed by atoms with Gasteiger partial charge in [-0.25, -0.2) is 0 Å². The monoisotopic (exact) mass is 334 g/mol. The Morgan fingerprint density at radius 1 is 1.21 bits per heavy atom. The second-order valence-corrected chi connectivity index (χ2v) is 7.27. The molecule has 6 heteroatoms. The van der Waals surface area contributed by atoms with E-state index < -0.39 is 0 Å². The van der Waals surface area contributed by atoms with Gasteiger partial charge >= 0.3 is 0 Å². The number of hydrogen-bond donors (Lipinski definition) is 1. The lowest BCUT2D eigenvalue weighted by Gasteiger charge is -2.26. The minimum atomic E-state index is -0.356. The Balaban J connectivity index is 1.52. The second-order valence-electron chi connectivity index (χ2n) is 7.27. The zero-order valence-corrected chi connectivity index (χ0v) is 14.8. The molecular formula is C18H30N4O2. The zero-order chi connectivity index (χ0) is 16.8. The molecule has 3 rings (SSSR count). The minimum absolute atomic E-state index is 0.0810. The van der Waals surface area contributed by atoms with Crippen LogP contribution in [0.3, 0.4) is 0 Å². The van der Waals surface area contributed by atoms with Crippen LogP contribution in [0.2, 0.25) is 0 Å². The van der Waals surface area contributed by atoms with Crippen LogP contribution in [-0.2, 0) is 16.1 Å². The fourth-order valence-electron chi connectivity index (χ4n) is 4.01. The minimum Gasteiger partial charge on any atom is -0.384 e. The molecule has 1 aromatic heterocycles. The molecule has 1 saturated heterocycles. The molecule has 6 nitrogen and oxygen atoms in total. The summed E-state index contributed by atoms with van der Waals surface area (Å²) in [7, 11) is 1.67. The van der Waals surface area contributed by atoms with Crippen molar-refractivity contribution in [1.29, 1.82) is 0 Å². The van der Waals surface area contributed by atoms with Crippen molar-refractivity contribution in [1.82, 2.24) is 14.7 Å². The summed E-state index contributed by atoms with van der Waals surface area (Å²) < 4.78 is 7.24. The van der Waals surface area contributed by atoms with Crippen LogP contribution >= 0.6 is 0 Å². The van der Waals surface area contributed by atoms with Gasteiger partial charge in [-0.1, -0.05) is 19.3 Å². The van der Waals surface area contributed by atoms with Gasteiger partial charge in [-0.15, -0.1) is 0 Å². The summed E-state index contributed by atoms with van der Waals surface area (Å²) in [5.41, 5.74) is 0.436. The van der Waals surface area contributed by atoms with Crippen LogP contribution in [0.15, 0.2) is 12.4 Å². The maximum absolute atomic E-state index is 12.7. The highest BCUT2D eigenvalue weighted by Gasteiger charge is 2.41. The molecule has 0 unspecified atom stereocenters. The first-order chi connectivity index (χ1) is 11.7. The van der Waals surface area contributed by atoms with E-state index in [-0.39, 0.29) is 11.3 Å². The number of nitrogens with one attached hydrogen (secondary N) is 1.